The molecule has 2 rings (SSSR count). The van der Waals surface area contributed by atoms with E-state index in [1.54, 1.807) is 6.07 Å². The van der Waals surface area contributed by atoms with E-state index < -0.39 is 10.0 Å². The first kappa shape index (κ1) is 15.3. The van der Waals surface area contributed by atoms with E-state index in [1.165, 1.54) is 11.3 Å². The summed E-state index contributed by atoms with van der Waals surface area (Å²) in [6.45, 7) is 2.53. The van der Waals surface area contributed by atoms with Gasteiger partial charge >= 0.3 is 0 Å². The molecule has 1 fully saturated rings. The Kier molecular flexibility index (Phi) is 5.29. The van der Waals surface area contributed by atoms with Gasteiger partial charge in [-0.05, 0) is 43.7 Å². The highest BCUT2D eigenvalue weighted by Crippen LogP contribution is 2.28. The molecule has 0 saturated heterocycles. The molecule has 2 atom stereocenters. The maximum atomic E-state index is 12.2. The van der Waals surface area contributed by atoms with Gasteiger partial charge in [0, 0.05) is 16.8 Å². The predicted octanol–water partition coefficient (Wildman–Crippen LogP) is 3.39. The van der Waals surface area contributed by atoms with E-state index in [0.29, 0.717) is 16.7 Å². The van der Waals surface area contributed by atoms with Crippen molar-refractivity contribution >= 4 is 33.0 Å². The number of sulfonamides is 1. The lowest BCUT2D eigenvalue weighted by atomic mass is 9.89. The number of aryl methyl sites for hydroxylation is 1. The molecule has 0 aromatic carbocycles. The molecule has 1 saturated carbocycles. The molecule has 0 aliphatic heterocycles. The fraction of sp³-hybridized carbons (Fsp3) is 0.692. The molecule has 6 heteroatoms. The molecule has 0 bridgehead atoms. The molecular formula is C13H20ClNO2S2. The molecule has 0 radical (unpaired) electrons. The lowest BCUT2D eigenvalue weighted by molar-refractivity contribution is 0.362. The zero-order chi connectivity index (χ0) is 13.9. The number of hydrogen-bond acceptors (Lipinski definition) is 3. The minimum Gasteiger partial charge on any atom is -0.210 e. The number of hydrogen-bond donors (Lipinski definition) is 1. The van der Waals surface area contributed by atoms with Gasteiger partial charge in [0.25, 0.3) is 0 Å². The maximum absolute atomic E-state index is 12.2. The van der Waals surface area contributed by atoms with Gasteiger partial charge in [0.2, 0.25) is 10.0 Å². The summed E-state index contributed by atoms with van der Waals surface area (Å²) in [6, 6.07) is 3.58. The van der Waals surface area contributed by atoms with E-state index in [4.69, 9.17) is 11.6 Å². The molecule has 2 unspecified atom stereocenters. The third-order valence-electron chi connectivity index (χ3n) is 3.53. The molecule has 1 aromatic rings. The molecule has 3 nitrogen and oxygen atoms in total. The standard InChI is InChI=1S/C13H20ClNO2S2/c1-2-12-6-7-13(18-12)19(16,17)15-9-10-4-3-5-11(14)8-10/h6-7,10-11,15H,2-5,8-9H2,1H3. The van der Waals surface area contributed by atoms with Gasteiger partial charge in [-0.25, -0.2) is 13.1 Å². The largest absolute Gasteiger partial charge is 0.250 e. The molecule has 0 amide bonds. The summed E-state index contributed by atoms with van der Waals surface area (Å²) in [5.41, 5.74) is 0. The fourth-order valence-electron chi connectivity index (χ4n) is 2.40. The van der Waals surface area contributed by atoms with Crippen molar-refractivity contribution in [3.8, 4) is 0 Å². The number of alkyl halides is 1. The highest BCUT2D eigenvalue weighted by molar-refractivity contribution is 7.91. The Morgan fingerprint density at radius 3 is 2.84 bits per heavy atom. The van der Waals surface area contributed by atoms with E-state index >= 15 is 0 Å². The molecule has 1 heterocycles. The van der Waals surface area contributed by atoms with Crippen LogP contribution in [0.3, 0.4) is 0 Å². The lowest BCUT2D eigenvalue weighted by Gasteiger charge is -2.25. The smallest absolute Gasteiger partial charge is 0.210 e. The second kappa shape index (κ2) is 6.57. The zero-order valence-corrected chi connectivity index (χ0v) is 13.5. The number of nitrogens with one attached hydrogen (secondary N) is 1. The normalized spacial score (nSPS) is 24.5. The van der Waals surface area contributed by atoms with Crippen LogP contribution in [0.1, 0.15) is 37.5 Å². The van der Waals surface area contributed by atoms with Crippen molar-refractivity contribution in [3.63, 3.8) is 0 Å². The van der Waals surface area contributed by atoms with Crippen molar-refractivity contribution in [3.05, 3.63) is 17.0 Å². The zero-order valence-electron chi connectivity index (χ0n) is 11.1. The first-order valence-electron chi connectivity index (χ1n) is 6.73. The van der Waals surface area contributed by atoms with Gasteiger partial charge in [-0.2, -0.15) is 0 Å². The Morgan fingerprint density at radius 1 is 1.42 bits per heavy atom. The van der Waals surface area contributed by atoms with Crippen molar-refractivity contribution in [2.75, 3.05) is 6.54 Å². The average molecular weight is 322 g/mol. The Bertz CT molecular complexity index is 512. The summed E-state index contributed by atoms with van der Waals surface area (Å²) in [6.07, 6.45) is 5.00. The molecule has 19 heavy (non-hydrogen) atoms. The summed E-state index contributed by atoms with van der Waals surface area (Å²) in [5.74, 6) is 0.372. The first-order valence-corrected chi connectivity index (χ1v) is 9.47. The van der Waals surface area contributed by atoms with Crippen molar-refractivity contribution < 1.29 is 8.42 Å². The van der Waals surface area contributed by atoms with Gasteiger partial charge in [-0.3, -0.25) is 0 Å². The molecule has 108 valence electrons. The quantitative estimate of drug-likeness (QED) is 0.845. The van der Waals surface area contributed by atoms with Gasteiger partial charge in [0.15, 0.2) is 0 Å². The van der Waals surface area contributed by atoms with Gasteiger partial charge in [-0.15, -0.1) is 22.9 Å². The van der Waals surface area contributed by atoms with Crippen LogP contribution in [0.4, 0.5) is 0 Å². The van der Waals surface area contributed by atoms with Gasteiger partial charge in [0.1, 0.15) is 4.21 Å². The van der Waals surface area contributed by atoms with Crippen LogP contribution in [-0.2, 0) is 16.4 Å². The van der Waals surface area contributed by atoms with Crippen molar-refractivity contribution in [2.24, 2.45) is 5.92 Å². The number of thiophene rings is 1. The van der Waals surface area contributed by atoms with Crippen molar-refractivity contribution in [2.45, 2.75) is 48.6 Å². The third-order valence-corrected chi connectivity index (χ3v) is 7.07. The number of rotatable bonds is 5. The molecule has 1 aliphatic rings. The van der Waals surface area contributed by atoms with Crippen LogP contribution in [0.25, 0.3) is 0 Å². The minimum absolute atomic E-state index is 0.205. The Morgan fingerprint density at radius 2 is 2.21 bits per heavy atom. The highest BCUT2D eigenvalue weighted by atomic mass is 35.5. The van der Waals surface area contributed by atoms with Crippen LogP contribution >= 0.6 is 22.9 Å². The maximum Gasteiger partial charge on any atom is 0.250 e. The Labute approximate surface area is 124 Å². The Balaban J connectivity index is 1.93. The average Bonchev–Trinajstić information content (AvgIpc) is 2.86. The van der Waals surface area contributed by atoms with Crippen molar-refractivity contribution in [1.29, 1.82) is 0 Å². The van der Waals surface area contributed by atoms with E-state index in [2.05, 4.69) is 4.72 Å². The first-order chi connectivity index (χ1) is 9.01. The van der Waals surface area contributed by atoms with Gasteiger partial charge in [-0.1, -0.05) is 13.3 Å². The van der Waals surface area contributed by atoms with Crippen molar-refractivity contribution in [1.82, 2.24) is 4.72 Å². The van der Waals surface area contributed by atoms with Gasteiger partial charge in [0.05, 0.1) is 0 Å². The molecule has 0 spiro atoms. The van der Waals surface area contributed by atoms with E-state index in [0.717, 1.165) is 37.0 Å². The van der Waals surface area contributed by atoms with Crippen LogP contribution in [0.2, 0.25) is 0 Å². The summed E-state index contributed by atoms with van der Waals surface area (Å²) in [7, 11) is -3.34. The van der Waals surface area contributed by atoms with E-state index in [1.807, 2.05) is 13.0 Å². The molecule has 1 N–H and O–H groups in total. The summed E-state index contributed by atoms with van der Waals surface area (Å²) in [4.78, 5) is 1.10. The second-order valence-electron chi connectivity index (χ2n) is 5.06. The van der Waals surface area contributed by atoms with Crippen LogP contribution in [0.15, 0.2) is 16.3 Å². The SMILES string of the molecule is CCc1ccc(S(=O)(=O)NCC2CCCC(Cl)C2)s1. The molecule has 1 aliphatic carbocycles. The summed E-state index contributed by atoms with van der Waals surface area (Å²) in [5, 5.41) is 0.205. The predicted molar refractivity (Wildman–Crippen MR) is 80.5 cm³/mol. The number of halogens is 1. The summed E-state index contributed by atoms with van der Waals surface area (Å²) < 4.78 is 27.4. The minimum atomic E-state index is -3.34. The third kappa shape index (κ3) is 4.18. The van der Waals surface area contributed by atoms with Crippen LogP contribution < -0.4 is 4.72 Å². The highest BCUT2D eigenvalue weighted by Gasteiger charge is 2.23. The monoisotopic (exact) mass is 321 g/mol. The van der Waals surface area contributed by atoms with Crippen LogP contribution in [0, 0.1) is 5.92 Å². The van der Waals surface area contributed by atoms with E-state index in [9.17, 15) is 8.42 Å². The molecule has 1 aromatic heterocycles. The lowest BCUT2D eigenvalue weighted by Crippen LogP contribution is -2.31. The Hall–Kier alpha value is -0.100. The molecular weight excluding hydrogens is 302 g/mol. The van der Waals surface area contributed by atoms with E-state index in [-0.39, 0.29) is 5.38 Å². The topological polar surface area (TPSA) is 46.2 Å². The summed E-state index contributed by atoms with van der Waals surface area (Å²) >= 11 is 7.48. The fourth-order valence-corrected chi connectivity index (χ4v) is 5.26. The van der Waals surface area contributed by atoms with Gasteiger partial charge < -0.3 is 0 Å². The van der Waals surface area contributed by atoms with Crippen LogP contribution in [-0.4, -0.2) is 20.3 Å². The van der Waals surface area contributed by atoms with Crippen LogP contribution in [0.5, 0.6) is 0 Å². The second-order valence-corrected chi connectivity index (χ2v) is 8.84.